The Morgan fingerprint density at radius 3 is 2.33 bits per heavy atom. The molecule has 2 nitrogen and oxygen atoms in total. The quantitative estimate of drug-likeness (QED) is 0.825. The molecule has 1 aromatic rings. The molecule has 0 spiro atoms. The van der Waals surface area contributed by atoms with Crippen molar-refractivity contribution in [3.63, 3.8) is 0 Å². The third-order valence-electron chi connectivity index (χ3n) is 1.91. The number of alkyl halides is 3. The van der Waals surface area contributed by atoms with E-state index in [9.17, 15) is 18.3 Å². The third-order valence-corrected chi connectivity index (χ3v) is 1.91. The van der Waals surface area contributed by atoms with Crippen molar-refractivity contribution >= 4 is 0 Å². The highest BCUT2D eigenvalue weighted by atomic mass is 19.4. The van der Waals surface area contributed by atoms with E-state index in [4.69, 9.17) is 0 Å². The molecule has 0 saturated heterocycles. The van der Waals surface area contributed by atoms with Crippen molar-refractivity contribution in [3.05, 3.63) is 29.3 Å². The monoisotopic (exact) mass is 219 g/mol. The van der Waals surface area contributed by atoms with E-state index in [2.05, 4.69) is 0 Å². The number of hydrogen-bond acceptors (Lipinski definition) is 2. The van der Waals surface area contributed by atoms with Crippen LogP contribution in [-0.4, -0.2) is 24.1 Å². The summed E-state index contributed by atoms with van der Waals surface area (Å²) < 4.78 is 37.2. The van der Waals surface area contributed by atoms with Crippen molar-refractivity contribution in [2.75, 3.05) is 14.1 Å². The first-order valence-corrected chi connectivity index (χ1v) is 4.35. The minimum Gasteiger partial charge on any atom is -0.507 e. The summed E-state index contributed by atoms with van der Waals surface area (Å²) >= 11 is 0. The van der Waals surface area contributed by atoms with E-state index in [-0.39, 0.29) is 12.1 Å². The first kappa shape index (κ1) is 11.8. The molecule has 0 aromatic heterocycles. The van der Waals surface area contributed by atoms with Gasteiger partial charge in [-0.2, -0.15) is 13.2 Å². The molecule has 0 amide bonds. The van der Waals surface area contributed by atoms with Gasteiger partial charge >= 0.3 is 6.18 Å². The Kier molecular flexibility index (Phi) is 3.24. The van der Waals surface area contributed by atoms with Gasteiger partial charge in [0.25, 0.3) is 0 Å². The van der Waals surface area contributed by atoms with E-state index in [0.717, 1.165) is 6.07 Å². The number of nitrogens with zero attached hydrogens (tertiary/aromatic N) is 1. The van der Waals surface area contributed by atoms with Crippen LogP contribution in [0.15, 0.2) is 18.2 Å². The zero-order chi connectivity index (χ0) is 11.6. The van der Waals surface area contributed by atoms with Crippen LogP contribution in [0.5, 0.6) is 5.75 Å². The number of halogens is 3. The van der Waals surface area contributed by atoms with E-state index in [0.29, 0.717) is 0 Å². The predicted molar refractivity (Wildman–Crippen MR) is 50.5 cm³/mol. The molecule has 0 saturated carbocycles. The number of hydrogen-bond donors (Lipinski definition) is 1. The maximum atomic E-state index is 12.4. The fourth-order valence-corrected chi connectivity index (χ4v) is 1.29. The van der Waals surface area contributed by atoms with Gasteiger partial charge in [-0.1, -0.05) is 12.1 Å². The topological polar surface area (TPSA) is 23.5 Å². The minimum absolute atomic E-state index is 0.273. The molecule has 0 radical (unpaired) electrons. The van der Waals surface area contributed by atoms with Crippen LogP contribution in [0.3, 0.4) is 0 Å². The molecule has 0 aliphatic carbocycles. The van der Waals surface area contributed by atoms with Gasteiger partial charge < -0.3 is 10.0 Å². The molecule has 0 aliphatic heterocycles. The van der Waals surface area contributed by atoms with Crippen LogP contribution in [0, 0.1) is 0 Å². The van der Waals surface area contributed by atoms with Crippen LogP contribution in [0.4, 0.5) is 13.2 Å². The number of benzene rings is 1. The van der Waals surface area contributed by atoms with E-state index < -0.39 is 17.5 Å². The number of rotatable bonds is 2. The first-order chi connectivity index (χ1) is 6.82. The molecule has 0 fully saturated rings. The Hall–Kier alpha value is -1.23. The van der Waals surface area contributed by atoms with Gasteiger partial charge in [-0.15, -0.1) is 0 Å². The Balaban J connectivity index is 3.12. The average Bonchev–Trinajstić information content (AvgIpc) is 2.05. The van der Waals surface area contributed by atoms with Crippen molar-refractivity contribution in [2.45, 2.75) is 12.7 Å². The minimum atomic E-state index is -4.51. The highest BCUT2D eigenvalue weighted by Crippen LogP contribution is 2.37. The van der Waals surface area contributed by atoms with Gasteiger partial charge in [0.1, 0.15) is 5.75 Å². The largest absolute Gasteiger partial charge is 0.507 e. The predicted octanol–water partition coefficient (Wildman–Crippen LogP) is 2.47. The molecule has 0 aliphatic rings. The lowest BCUT2D eigenvalue weighted by atomic mass is 10.1. The van der Waals surface area contributed by atoms with Crippen molar-refractivity contribution < 1.29 is 18.3 Å². The molecule has 0 bridgehead atoms. The van der Waals surface area contributed by atoms with E-state index in [1.165, 1.54) is 12.1 Å². The Morgan fingerprint density at radius 1 is 1.27 bits per heavy atom. The summed E-state index contributed by atoms with van der Waals surface area (Å²) in [6.45, 7) is 0.274. The number of aromatic hydroxyl groups is 1. The van der Waals surface area contributed by atoms with Gasteiger partial charge in [0.2, 0.25) is 0 Å². The van der Waals surface area contributed by atoms with Gasteiger partial charge in [-0.05, 0) is 20.2 Å². The molecule has 1 N–H and O–H groups in total. The lowest BCUT2D eigenvalue weighted by molar-refractivity contribution is -0.138. The molecular weight excluding hydrogens is 207 g/mol. The molecule has 0 heterocycles. The average molecular weight is 219 g/mol. The number of phenols is 1. The summed E-state index contributed by atoms with van der Waals surface area (Å²) in [6.07, 6.45) is -4.51. The van der Waals surface area contributed by atoms with Crippen LogP contribution >= 0.6 is 0 Å². The fraction of sp³-hybridized carbons (Fsp3) is 0.400. The Morgan fingerprint density at radius 2 is 1.87 bits per heavy atom. The molecule has 0 unspecified atom stereocenters. The van der Waals surface area contributed by atoms with Crippen molar-refractivity contribution in [1.82, 2.24) is 4.90 Å². The van der Waals surface area contributed by atoms with Gasteiger partial charge in [-0.3, -0.25) is 0 Å². The summed E-state index contributed by atoms with van der Waals surface area (Å²) in [5.74, 6) is -0.682. The van der Waals surface area contributed by atoms with Crippen molar-refractivity contribution in [3.8, 4) is 5.75 Å². The molecule has 1 aromatic carbocycles. The van der Waals surface area contributed by atoms with E-state index in [1.807, 2.05) is 0 Å². The Labute approximate surface area is 85.9 Å². The number of phenolic OH excluding ortho intramolecular Hbond substituents is 1. The lowest BCUT2D eigenvalue weighted by Crippen LogP contribution is -2.12. The van der Waals surface area contributed by atoms with Gasteiger partial charge in [0, 0.05) is 12.1 Å². The lowest BCUT2D eigenvalue weighted by Gasteiger charge is -2.15. The van der Waals surface area contributed by atoms with Crippen LogP contribution in [0.25, 0.3) is 0 Å². The molecule has 84 valence electrons. The van der Waals surface area contributed by atoms with Crippen molar-refractivity contribution in [2.24, 2.45) is 0 Å². The summed E-state index contributed by atoms with van der Waals surface area (Å²) in [7, 11) is 3.44. The summed E-state index contributed by atoms with van der Waals surface area (Å²) in [4.78, 5) is 1.69. The summed E-state index contributed by atoms with van der Waals surface area (Å²) in [6, 6.07) is 3.64. The van der Waals surface area contributed by atoms with Gasteiger partial charge in [0.15, 0.2) is 0 Å². The smallest absolute Gasteiger partial charge is 0.419 e. The molecule has 1 rings (SSSR count). The van der Waals surface area contributed by atoms with E-state index >= 15 is 0 Å². The molecular formula is C10H12F3NO. The first-order valence-electron chi connectivity index (χ1n) is 4.35. The SMILES string of the molecule is CN(C)Cc1cccc(C(F)(F)F)c1O. The molecule has 15 heavy (non-hydrogen) atoms. The van der Waals surface area contributed by atoms with Crippen LogP contribution in [0.2, 0.25) is 0 Å². The Bertz CT molecular complexity index is 347. The standard InChI is InChI=1S/C10H12F3NO/c1-14(2)6-7-4-3-5-8(9(7)15)10(11,12)13/h3-5,15H,6H2,1-2H3. The van der Waals surface area contributed by atoms with Crippen LogP contribution in [0.1, 0.15) is 11.1 Å². The molecule has 0 atom stereocenters. The second-order valence-corrected chi connectivity index (χ2v) is 3.55. The second kappa shape index (κ2) is 4.10. The molecule has 5 heteroatoms. The summed E-state index contributed by atoms with van der Waals surface area (Å²) in [5, 5.41) is 9.43. The zero-order valence-corrected chi connectivity index (χ0v) is 8.47. The highest BCUT2D eigenvalue weighted by molar-refractivity contribution is 5.41. The van der Waals surface area contributed by atoms with Crippen LogP contribution in [-0.2, 0) is 12.7 Å². The zero-order valence-electron chi connectivity index (χ0n) is 8.47. The fourth-order valence-electron chi connectivity index (χ4n) is 1.29. The maximum absolute atomic E-state index is 12.4. The normalized spacial score (nSPS) is 12.1. The number of para-hydroxylation sites is 1. The van der Waals surface area contributed by atoms with Crippen molar-refractivity contribution in [1.29, 1.82) is 0 Å². The van der Waals surface area contributed by atoms with Gasteiger partial charge in [0.05, 0.1) is 5.56 Å². The van der Waals surface area contributed by atoms with Gasteiger partial charge in [-0.25, -0.2) is 0 Å². The highest BCUT2D eigenvalue weighted by Gasteiger charge is 2.34. The van der Waals surface area contributed by atoms with E-state index in [1.54, 1.807) is 19.0 Å². The second-order valence-electron chi connectivity index (χ2n) is 3.55. The maximum Gasteiger partial charge on any atom is 0.419 e. The third kappa shape index (κ3) is 2.86. The van der Waals surface area contributed by atoms with Crippen LogP contribution < -0.4 is 0 Å². The summed E-state index contributed by atoms with van der Waals surface area (Å²) in [5.41, 5.74) is -0.711.